The Balaban J connectivity index is 1.75. The molecule has 1 atom stereocenters. The van der Waals surface area contributed by atoms with Crippen molar-refractivity contribution < 1.29 is 4.79 Å². The second kappa shape index (κ2) is 7.34. The Morgan fingerprint density at radius 1 is 1.33 bits per heavy atom. The molecule has 126 valence electrons. The molecule has 2 aromatic rings. The summed E-state index contributed by atoms with van der Waals surface area (Å²) in [5.74, 6) is 0.513. The molecule has 0 spiro atoms. The van der Waals surface area contributed by atoms with E-state index in [1.165, 1.54) is 12.8 Å². The molecule has 5 heteroatoms. The maximum atomic E-state index is 12.5. The van der Waals surface area contributed by atoms with Gasteiger partial charge in [-0.1, -0.05) is 22.9 Å². The van der Waals surface area contributed by atoms with Crippen LogP contribution in [0.3, 0.4) is 0 Å². The van der Waals surface area contributed by atoms with E-state index in [1.54, 1.807) is 6.20 Å². The molecule has 0 radical (unpaired) electrons. The fourth-order valence-electron chi connectivity index (χ4n) is 3.08. The molecule has 4 nitrogen and oxygen atoms in total. The molecule has 0 saturated carbocycles. The number of aromatic nitrogens is 1. The van der Waals surface area contributed by atoms with Gasteiger partial charge in [0.15, 0.2) is 0 Å². The van der Waals surface area contributed by atoms with E-state index in [0.29, 0.717) is 11.6 Å². The number of aryl methyl sites for hydroxylation is 1. The molecular weight excluding hydrogens is 366 g/mol. The summed E-state index contributed by atoms with van der Waals surface area (Å²) >= 11 is 3.47. The largest absolute Gasteiger partial charge is 0.371 e. The molecule has 1 unspecified atom stereocenters. The maximum absolute atomic E-state index is 12.5. The van der Waals surface area contributed by atoms with Crippen molar-refractivity contribution in [2.45, 2.75) is 26.7 Å². The van der Waals surface area contributed by atoms with Crippen LogP contribution in [0.15, 0.2) is 41.0 Å². The van der Waals surface area contributed by atoms with Gasteiger partial charge in [-0.25, -0.2) is 0 Å². The number of hydrogen-bond donors (Lipinski definition) is 1. The lowest BCUT2D eigenvalue weighted by molar-refractivity contribution is 0.102. The molecule has 1 aliphatic heterocycles. The predicted molar refractivity (Wildman–Crippen MR) is 102 cm³/mol. The summed E-state index contributed by atoms with van der Waals surface area (Å²) in [6, 6.07) is 9.63. The molecule has 1 saturated heterocycles. The summed E-state index contributed by atoms with van der Waals surface area (Å²) in [4.78, 5) is 19.1. The van der Waals surface area contributed by atoms with Gasteiger partial charge in [0.1, 0.15) is 5.69 Å². The number of nitrogens with one attached hydrogen (secondary N) is 1. The second-order valence-corrected chi connectivity index (χ2v) is 7.37. The van der Waals surface area contributed by atoms with Crippen LogP contribution in [-0.2, 0) is 0 Å². The zero-order valence-electron chi connectivity index (χ0n) is 14.1. The second-order valence-electron chi connectivity index (χ2n) is 6.51. The monoisotopic (exact) mass is 387 g/mol. The SMILES string of the molecule is Cc1cc(NC(=O)c2cc(N3CCCC(C)C3)ccn2)ccc1Br. The molecular formula is C19H22BrN3O. The van der Waals surface area contributed by atoms with E-state index >= 15 is 0 Å². The van der Waals surface area contributed by atoms with Crippen LogP contribution in [0.25, 0.3) is 0 Å². The van der Waals surface area contributed by atoms with Gasteiger partial charge in [-0.3, -0.25) is 9.78 Å². The van der Waals surface area contributed by atoms with Crippen LogP contribution in [0.1, 0.15) is 35.8 Å². The third-order valence-electron chi connectivity index (χ3n) is 4.41. The van der Waals surface area contributed by atoms with Crippen molar-refractivity contribution in [1.82, 2.24) is 4.98 Å². The average Bonchev–Trinajstić information content (AvgIpc) is 2.58. The van der Waals surface area contributed by atoms with Crippen molar-refractivity contribution in [2.24, 2.45) is 5.92 Å². The van der Waals surface area contributed by atoms with Gasteiger partial charge in [0.2, 0.25) is 0 Å². The topological polar surface area (TPSA) is 45.2 Å². The fourth-order valence-corrected chi connectivity index (χ4v) is 3.33. The third-order valence-corrected chi connectivity index (χ3v) is 5.30. The van der Waals surface area contributed by atoms with E-state index in [2.05, 4.69) is 38.1 Å². The van der Waals surface area contributed by atoms with Crippen molar-refractivity contribution in [1.29, 1.82) is 0 Å². The quantitative estimate of drug-likeness (QED) is 0.833. The van der Waals surface area contributed by atoms with E-state index in [1.807, 2.05) is 37.3 Å². The minimum Gasteiger partial charge on any atom is -0.371 e. The summed E-state index contributed by atoms with van der Waals surface area (Å²) in [7, 11) is 0. The predicted octanol–water partition coefficient (Wildman–Crippen LogP) is 4.64. The van der Waals surface area contributed by atoms with Crippen LogP contribution in [0.5, 0.6) is 0 Å². The minimum atomic E-state index is -0.177. The number of amides is 1. The van der Waals surface area contributed by atoms with Gasteiger partial charge in [-0.15, -0.1) is 0 Å². The molecule has 2 heterocycles. The molecule has 1 N–H and O–H groups in total. The average molecular weight is 388 g/mol. The molecule has 24 heavy (non-hydrogen) atoms. The van der Waals surface area contributed by atoms with Crippen LogP contribution in [0.4, 0.5) is 11.4 Å². The smallest absolute Gasteiger partial charge is 0.274 e. The van der Waals surface area contributed by atoms with Crippen LogP contribution >= 0.6 is 15.9 Å². The Labute approximate surface area is 151 Å². The van der Waals surface area contributed by atoms with Crippen LogP contribution < -0.4 is 10.2 Å². The minimum absolute atomic E-state index is 0.177. The van der Waals surface area contributed by atoms with E-state index < -0.39 is 0 Å². The first kappa shape index (κ1) is 17.0. The Kier molecular flexibility index (Phi) is 5.19. The first-order valence-electron chi connectivity index (χ1n) is 8.31. The normalized spacial score (nSPS) is 17.6. The lowest BCUT2D eigenvalue weighted by Gasteiger charge is -2.32. The van der Waals surface area contributed by atoms with Gasteiger partial charge in [-0.05, 0) is 61.6 Å². The van der Waals surface area contributed by atoms with E-state index in [4.69, 9.17) is 0 Å². The Morgan fingerprint density at radius 2 is 2.17 bits per heavy atom. The molecule has 1 fully saturated rings. The number of carbonyl (C=O) groups is 1. The zero-order valence-corrected chi connectivity index (χ0v) is 15.6. The lowest BCUT2D eigenvalue weighted by Crippen LogP contribution is -2.34. The number of hydrogen-bond acceptors (Lipinski definition) is 3. The molecule has 0 aliphatic carbocycles. The van der Waals surface area contributed by atoms with E-state index in [-0.39, 0.29) is 5.91 Å². The number of piperidine rings is 1. The van der Waals surface area contributed by atoms with Crippen molar-refractivity contribution in [3.8, 4) is 0 Å². The maximum Gasteiger partial charge on any atom is 0.274 e. The highest BCUT2D eigenvalue weighted by molar-refractivity contribution is 9.10. The Bertz CT molecular complexity index is 747. The van der Waals surface area contributed by atoms with E-state index in [9.17, 15) is 4.79 Å². The lowest BCUT2D eigenvalue weighted by atomic mass is 10.00. The number of carbonyl (C=O) groups excluding carboxylic acids is 1. The van der Waals surface area contributed by atoms with E-state index in [0.717, 1.165) is 34.5 Å². The third kappa shape index (κ3) is 3.96. The highest BCUT2D eigenvalue weighted by Crippen LogP contribution is 2.24. The number of rotatable bonds is 3. The number of benzene rings is 1. The van der Waals surface area contributed by atoms with Crippen LogP contribution in [0, 0.1) is 12.8 Å². The number of anilines is 2. The summed E-state index contributed by atoms with van der Waals surface area (Å²) in [5, 5.41) is 2.92. The van der Waals surface area contributed by atoms with Crippen molar-refractivity contribution in [3.63, 3.8) is 0 Å². The number of nitrogens with zero attached hydrogens (tertiary/aromatic N) is 2. The van der Waals surface area contributed by atoms with Gasteiger partial charge in [-0.2, -0.15) is 0 Å². The molecule has 3 rings (SSSR count). The fraction of sp³-hybridized carbons (Fsp3) is 0.368. The summed E-state index contributed by atoms with van der Waals surface area (Å²) < 4.78 is 1.03. The summed E-state index contributed by atoms with van der Waals surface area (Å²) in [6.45, 7) is 6.35. The van der Waals surface area contributed by atoms with Gasteiger partial charge in [0, 0.05) is 35.1 Å². The first-order valence-corrected chi connectivity index (χ1v) is 9.11. The molecule has 0 bridgehead atoms. The molecule has 1 aromatic heterocycles. The van der Waals surface area contributed by atoms with Gasteiger partial charge in [0.05, 0.1) is 0 Å². The van der Waals surface area contributed by atoms with Gasteiger partial charge in [0.25, 0.3) is 5.91 Å². The highest BCUT2D eigenvalue weighted by Gasteiger charge is 2.18. The first-order chi connectivity index (χ1) is 11.5. The van der Waals surface area contributed by atoms with Crippen LogP contribution in [-0.4, -0.2) is 24.0 Å². The molecule has 1 aliphatic rings. The number of pyridine rings is 1. The van der Waals surface area contributed by atoms with Gasteiger partial charge < -0.3 is 10.2 Å². The van der Waals surface area contributed by atoms with Crippen molar-refractivity contribution in [3.05, 3.63) is 52.3 Å². The summed E-state index contributed by atoms with van der Waals surface area (Å²) in [6.07, 6.45) is 4.19. The number of halogens is 1. The van der Waals surface area contributed by atoms with Crippen molar-refractivity contribution >= 4 is 33.2 Å². The van der Waals surface area contributed by atoms with Crippen molar-refractivity contribution in [2.75, 3.05) is 23.3 Å². The Morgan fingerprint density at radius 3 is 2.92 bits per heavy atom. The Hall–Kier alpha value is -1.88. The van der Waals surface area contributed by atoms with Gasteiger partial charge >= 0.3 is 0 Å². The standard InChI is InChI=1S/C19H22BrN3O/c1-13-4-3-9-23(12-13)16-7-8-21-18(11-16)19(24)22-15-5-6-17(20)14(2)10-15/h5-8,10-11,13H,3-4,9,12H2,1-2H3,(H,22,24). The summed E-state index contributed by atoms with van der Waals surface area (Å²) in [5.41, 5.74) is 3.39. The highest BCUT2D eigenvalue weighted by atomic mass is 79.9. The van der Waals surface area contributed by atoms with Crippen LogP contribution in [0.2, 0.25) is 0 Å². The molecule has 1 amide bonds. The molecule has 1 aromatic carbocycles. The zero-order chi connectivity index (χ0) is 17.1.